The highest BCUT2D eigenvalue weighted by atomic mass is 35.5. The van der Waals surface area contributed by atoms with E-state index >= 15 is 0 Å². The van der Waals surface area contributed by atoms with Gasteiger partial charge in [-0.25, -0.2) is 4.39 Å². The number of benzene rings is 1. The van der Waals surface area contributed by atoms with Gasteiger partial charge in [-0.2, -0.15) is 0 Å². The first-order valence-electron chi connectivity index (χ1n) is 6.28. The first kappa shape index (κ1) is 15.2. The lowest BCUT2D eigenvalue weighted by atomic mass is 10.1. The highest BCUT2D eigenvalue weighted by molar-refractivity contribution is 6.36. The number of pyridine rings is 1. The van der Waals surface area contributed by atoms with Crippen molar-refractivity contribution in [1.82, 2.24) is 10.3 Å². The van der Waals surface area contributed by atoms with Gasteiger partial charge in [0.1, 0.15) is 5.82 Å². The molecule has 0 aliphatic carbocycles. The molecule has 2 nitrogen and oxygen atoms in total. The van der Waals surface area contributed by atoms with Gasteiger partial charge in [0.15, 0.2) is 0 Å². The average Bonchev–Trinajstić information content (AvgIpc) is 2.42. The van der Waals surface area contributed by atoms with Gasteiger partial charge >= 0.3 is 0 Å². The smallest absolute Gasteiger partial charge is 0.142 e. The number of rotatable bonds is 4. The molecule has 0 aliphatic rings. The van der Waals surface area contributed by atoms with Gasteiger partial charge in [0.05, 0.1) is 10.7 Å². The fraction of sp³-hybridized carbons (Fsp3) is 0.267. The van der Waals surface area contributed by atoms with Crippen molar-refractivity contribution in [3.8, 4) is 0 Å². The number of hydrogen-bond acceptors (Lipinski definition) is 2. The summed E-state index contributed by atoms with van der Waals surface area (Å²) in [4.78, 5) is 4.30. The minimum atomic E-state index is -0.464. The standard InChI is InChI=1S/C15H15Cl2FN2/c1-9-4-3-7-19-13(9)8-20-10(2)14-11(16)5-6-12(18)15(14)17/h3-7,10,20H,8H2,1-2H3. The monoisotopic (exact) mass is 312 g/mol. The van der Waals surface area contributed by atoms with Crippen molar-refractivity contribution >= 4 is 23.2 Å². The Morgan fingerprint density at radius 3 is 2.75 bits per heavy atom. The van der Waals surface area contributed by atoms with Gasteiger partial charge in [-0.3, -0.25) is 4.98 Å². The number of hydrogen-bond donors (Lipinski definition) is 1. The van der Waals surface area contributed by atoms with Crippen LogP contribution in [0.3, 0.4) is 0 Å². The van der Waals surface area contributed by atoms with Crippen molar-refractivity contribution in [2.45, 2.75) is 26.4 Å². The Kier molecular flexibility index (Phi) is 4.97. The molecule has 5 heteroatoms. The largest absolute Gasteiger partial charge is 0.304 e. The minimum Gasteiger partial charge on any atom is -0.304 e. The second-order valence-corrected chi connectivity index (χ2v) is 5.41. The summed E-state index contributed by atoms with van der Waals surface area (Å²) < 4.78 is 13.5. The van der Waals surface area contributed by atoms with Crippen molar-refractivity contribution < 1.29 is 4.39 Å². The predicted molar refractivity (Wildman–Crippen MR) is 80.6 cm³/mol. The highest BCUT2D eigenvalue weighted by Crippen LogP contribution is 2.32. The van der Waals surface area contributed by atoms with Crippen molar-refractivity contribution in [1.29, 1.82) is 0 Å². The molecule has 0 spiro atoms. The number of nitrogens with one attached hydrogen (secondary N) is 1. The van der Waals surface area contributed by atoms with Crippen LogP contribution in [-0.4, -0.2) is 4.98 Å². The average molecular weight is 313 g/mol. The van der Waals surface area contributed by atoms with Crippen LogP contribution in [0.15, 0.2) is 30.5 Å². The van der Waals surface area contributed by atoms with Crippen LogP contribution in [-0.2, 0) is 6.54 Å². The van der Waals surface area contributed by atoms with Gasteiger partial charge in [0.25, 0.3) is 0 Å². The maximum atomic E-state index is 13.5. The molecule has 0 fully saturated rings. The van der Waals surface area contributed by atoms with E-state index < -0.39 is 5.82 Å². The molecular formula is C15H15Cl2FN2. The fourth-order valence-corrected chi connectivity index (χ4v) is 2.69. The van der Waals surface area contributed by atoms with E-state index in [0.717, 1.165) is 11.3 Å². The quantitative estimate of drug-likeness (QED) is 0.829. The van der Waals surface area contributed by atoms with Crippen LogP contribution in [0.25, 0.3) is 0 Å². The zero-order chi connectivity index (χ0) is 14.7. The Morgan fingerprint density at radius 1 is 1.30 bits per heavy atom. The molecule has 0 radical (unpaired) electrons. The zero-order valence-electron chi connectivity index (χ0n) is 11.3. The zero-order valence-corrected chi connectivity index (χ0v) is 12.8. The molecule has 1 atom stereocenters. The topological polar surface area (TPSA) is 24.9 Å². The van der Waals surface area contributed by atoms with E-state index in [2.05, 4.69) is 10.3 Å². The first-order valence-corrected chi connectivity index (χ1v) is 7.03. The van der Waals surface area contributed by atoms with Crippen LogP contribution in [0.5, 0.6) is 0 Å². The molecule has 1 N–H and O–H groups in total. The normalized spacial score (nSPS) is 12.4. The molecule has 2 rings (SSSR count). The van der Waals surface area contributed by atoms with E-state index in [-0.39, 0.29) is 11.1 Å². The van der Waals surface area contributed by atoms with Gasteiger partial charge in [0, 0.05) is 29.4 Å². The van der Waals surface area contributed by atoms with Gasteiger partial charge in [0.2, 0.25) is 0 Å². The van der Waals surface area contributed by atoms with Crippen LogP contribution >= 0.6 is 23.2 Å². The van der Waals surface area contributed by atoms with Gasteiger partial charge in [-0.05, 0) is 37.6 Å². The second kappa shape index (κ2) is 6.53. The Hall–Kier alpha value is -1.16. The van der Waals surface area contributed by atoms with E-state index in [0.29, 0.717) is 17.1 Å². The Balaban J connectivity index is 2.15. The molecular weight excluding hydrogens is 298 g/mol. The molecule has 106 valence electrons. The highest BCUT2D eigenvalue weighted by Gasteiger charge is 2.17. The fourth-order valence-electron chi connectivity index (χ4n) is 1.99. The van der Waals surface area contributed by atoms with E-state index in [1.165, 1.54) is 12.1 Å². The van der Waals surface area contributed by atoms with Crippen molar-refractivity contribution in [2.75, 3.05) is 0 Å². The molecule has 0 saturated carbocycles. The Morgan fingerprint density at radius 2 is 2.05 bits per heavy atom. The van der Waals surface area contributed by atoms with Crippen LogP contribution in [0.4, 0.5) is 4.39 Å². The van der Waals surface area contributed by atoms with Crippen molar-refractivity contribution in [3.63, 3.8) is 0 Å². The third-order valence-electron chi connectivity index (χ3n) is 3.21. The molecule has 0 aliphatic heterocycles. The summed E-state index contributed by atoms with van der Waals surface area (Å²) in [7, 11) is 0. The molecule has 1 aromatic carbocycles. The molecule has 20 heavy (non-hydrogen) atoms. The molecule has 0 saturated heterocycles. The van der Waals surface area contributed by atoms with Gasteiger partial charge < -0.3 is 5.32 Å². The summed E-state index contributed by atoms with van der Waals surface area (Å²) in [5, 5.41) is 3.78. The van der Waals surface area contributed by atoms with E-state index in [1.54, 1.807) is 6.20 Å². The number of nitrogens with zero attached hydrogens (tertiary/aromatic N) is 1. The van der Waals surface area contributed by atoms with Gasteiger partial charge in [-0.1, -0.05) is 29.3 Å². The summed E-state index contributed by atoms with van der Waals surface area (Å²) in [6.07, 6.45) is 1.75. The number of halogens is 3. The summed E-state index contributed by atoms with van der Waals surface area (Å²) in [5.41, 5.74) is 2.62. The summed E-state index contributed by atoms with van der Waals surface area (Å²) in [5.74, 6) is -0.464. The van der Waals surface area contributed by atoms with E-state index in [9.17, 15) is 4.39 Å². The molecule has 1 unspecified atom stereocenters. The molecule has 0 amide bonds. The third-order valence-corrected chi connectivity index (χ3v) is 3.92. The summed E-state index contributed by atoms with van der Waals surface area (Å²) in [6.45, 7) is 4.46. The van der Waals surface area contributed by atoms with Crippen LogP contribution in [0, 0.1) is 12.7 Å². The number of aryl methyl sites for hydroxylation is 1. The van der Waals surface area contributed by atoms with Gasteiger partial charge in [-0.15, -0.1) is 0 Å². The van der Waals surface area contributed by atoms with Crippen LogP contribution < -0.4 is 5.32 Å². The first-order chi connectivity index (χ1) is 9.50. The second-order valence-electron chi connectivity index (χ2n) is 4.63. The Labute approximate surface area is 127 Å². The lowest BCUT2D eigenvalue weighted by Gasteiger charge is -2.18. The summed E-state index contributed by atoms with van der Waals surface area (Å²) >= 11 is 12.1. The minimum absolute atomic E-state index is 0.0650. The van der Waals surface area contributed by atoms with E-state index in [1.807, 2.05) is 26.0 Å². The van der Waals surface area contributed by atoms with E-state index in [4.69, 9.17) is 23.2 Å². The van der Waals surface area contributed by atoms with Crippen molar-refractivity contribution in [3.05, 3.63) is 63.1 Å². The predicted octanol–water partition coefficient (Wildman–Crippen LogP) is 4.69. The lowest BCUT2D eigenvalue weighted by molar-refractivity contribution is 0.558. The van der Waals surface area contributed by atoms with Crippen LogP contribution in [0.2, 0.25) is 10.0 Å². The SMILES string of the molecule is Cc1cccnc1CNC(C)c1c(Cl)ccc(F)c1Cl. The molecule has 2 aromatic rings. The molecule has 0 bridgehead atoms. The lowest BCUT2D eigenvalue weighted by Crippen LogP contribution is -2.20. The van der Waals surface area contributed by atoms with Crippen LogP contribution in [0.1, 0.15) is 29.8 Å². The Bertz CT molecular complexity index is 617. The third kappa shape index (κ3) is 3.29. The maximum Gasteiger partial charge on any atom is 0.142 e. The van der Waals surface area contributed by atoms with Crippen molar-refractivity contribution in [2.24, 2.45) is 0 Å². The number of aromatic nitrogens is 1. The summed E-state index contributed by atoms with van der Waals surface area (Å²) in [6, 6.07) is 6.50. The molecule has 1 aromatic heterocycles. The maximum absolute atomic E-state index is 13.5. The molecule has 1 heterocycles.